The smallest absolute Gasteiger partial charge is 0.270 e. The predicted molar refractivity (Wildman–Crippen MR) is 116 cm³/mol. The first kappa shape index (κ1) is 20.8. The van der Waals surface area contributed by atoms with Crippen LogP contribution < -0.4 is 10.9 Å². The number of benzene rings is 1. The molecule has 1 fully saturated rings. The molecule has 1 aromatic heterocycles. The number of hydrogen-bond acceptors (Lipinski definition) is 6. The molecular formula is C20H17FN4O2S2. The molecule has 1 aromatic carbocycles. The van der Waals surface area contributed by atoms with Crippen molar-refractivity contribution in [2.45, 2.75) is 13.5 Å². The van der Waals surface area contributed by atoms with E-state index in [2.05, 4.69) is 5.32 Å². The maximum absolute atomic E-state index is 13.1. The Balaban J connectivity index is 2.10. The lowest BCUT2D eigenvalue weighted by Crippen LogP contribution is -2.26. The lowest BCUT2D eigenvalue weighted by Gasteiger charge is -2.17. The number of rotatable bonds is 4. The second-order valence-corrected chi connectivity index (χ2v) is 8.13. The Kier molecular flexibility index (Phi) is 5.86. The molecule has 0 atom stereocenters. The van der Waals surface area contributed by atoms with Gasteiger partial charge in [0, 0.05) is 26.2 Å². The normalized spacial score (nSPS) is 15.1. The van der Waals surface area contributed by atoms with E-state index in [-0.39, 0.29) is 17.3 Å². The largest absolute Gasteiger partial charge is 0.367 e. The highest BCUT2D eigenvalue weighted by molar-refractivity contribution is 8.26. The van der Waals surface area contributed by atoms with E-state index in [0.717, 1.165) is 17.3 Å². The summed E-state index contributed by atoms with van der Waals surface area (Å²) in [4.78, 5) is 26.8. The second-order valence-electron chi connectivity index (χ2n) is 6.46. The van der Waals surface area contributed by atoms with Crippen molar-refractivity contribution in [3.05, 3.63) is 67.6 Å². The third-order valence-corrected chi connectivity index (χ3v) is 6.12. The highest BCUT2D eigenvalue weighted by Gasteiger charge is 2.29. The summed E-state index contributed by atoms with van der Waals surface area (Å²) < 4.78 is 14.9. The number of carbonyl (C=O) groups is 1. The molecule has 3 rings (SSSR count). The number of thiocarbonyl (C=S) groups is 1. The maximum Gasteiger partial charge on any atom is 0.270 e. The topological polar surface area (TPSA) is 78.1 Å². The minimum Gasteiger partial charge on any atom is -0.367 e. The van der Waals surface area contributed by atoms with Crippen LogP contribution in [0.2, 0.25) is 0 Å². The average Bonchev–Trinajstić information content (AvgIpc) is 2.94. The summed E-state index contributed by atoms with van der Waals surface area (Å²) in [7, 11) is 3.15. The number of carbonyl (C=O) groups excluding carboxylic acids is 1. The Hall–Kier alpha value is -2.96. The van der Waals surface area contributed by atoms with Crippen LogP contribution in [0.4, 0.5) is 10.2 Å². The molecule has 2 heterocycles. The molecular weight excluding hydrogens is 411 g/mol. The van der Waals surface area contributed by atoms with Crippen LogP contribution in [-0.4, -0.2) is 26.7 Å². The minimum absolute atomic E-state index is 0.0121. The highest BCUT2D eigenvalue weighted by atomic mass is 32.2. The monoisotopic (exact) mass is 428 g/mol. The van der Waals surface area contributed by atoms with Crippen LogP contribution in [0.15, 0.2) is 34.0 Å². The SMILES string of the molecule is Cc1c(/C=C2/SC(=S)N(C)C2=O)c(NCc2ccc(F)cc2)n(C)c(=O)c1C#N. The van der Waals surface area contributed by atoms with Gasteiger partial charge in [0.25, 0.3) is 11.5 Å². The van der Waals surface area contributed by atoms with Gasteiger partial charge in [0.05, 0.1) is 4.91 Å². The molecule has 0 unspecified atom stereocenters. The van der Waals surface area contributed by atoms with Gasteiger partial charge in [-0.15, -0.1) is 0 Å². The van der Waals surface area contributed by atoms with Crippen molar-refractivity contribution in [3.63, 3.8) is 0 Å². The summed E-state index contributed by atoms with van der Waals surface area (Å²) in [5, 5.41) is 12.6. The molecule has 148 valence electrons. The Morgan fingerprint density at radius 1 is 1.28 bits per heavy atom. The number of hydrogen-bond donors (Lipinski definition) is 1. The number of anilines is 1. The average molecular weight is 429 g/mol. The molecule has 1 N–H and O–H groups in total. The van der Waals surface area contributed by atoms with Crippen LogP contribution in [-0.2, 0) is 18.4 Å². The minimum atomic E-state index is -0.438. The fourth-order valence-corrected chi connectivity index (χ4v) is 4.07. The Morgan fingerprint density at radius 2 is 1.93 bits per heavy atom. The molecule has 0 saturated carbocycles. The van der Waals surface area contributed by atoms with Crippen LogP contribution in [0.1, 0.15) is 22.3 Å². The van der Waals surface area contributed by atoms with E-state index in [0.29, 0.717) is 32.7 Å². The molecule has 9 heteroatoms. The van der Waals surface area contributed by atoms with Crippen molar-refractivity contribution in [2.24, 2.45) is 7.05 Å². The third kappa shape index (κ3) is 3.95. The molecule has 1 saturated heterocycles. The quantitative estimate of drug-likeness (QED) is 0.596. The number of nitriles is 1. The van der Waals surface area contributed by atoms with Crippen molar-refractivity contribution in [2.75, 3.05) is 12.4 Å². The lowest BCUT2D eigenvalue weighted by molar-refractivity contribution is -0.121. The summed E-state index contributed by atoms with van der Waals surface area (Å²) in [5.41, 5.74) is 1.41. The third-order valence-electron chi connectivity index (χ3n) is 4.64. The van der Waals surface area contributed by atoms with Crippen molar-refractivity contribution in [3.8, 4) is 6.07 Å². The van der Waals surface area contributed by atoms with E-state index in [1.165, 1.54) is 21.6 Å². The molecule has 0 bridgehead atoms. The standard InChI is InChI=1S/C20H17FN4O2S2/c1-11-14(8-16-19(27)25(3)20(28)29-16)17(24(2)18(26)15(11)9-22)23-10-12-4-6-13(21)7-5-12/h4-8,23H,10H2,1-3H3/b16-8+. The number of amides is 1. The molecule has 2 aromatic rings. The molecule has 0 aliphatic carbocycles. The molecule has 0 spiro atoms. The highest BCUT2D eigenvalue weighted by Crippen LogP contribution is 2.34. The van der Waals surface area contributed by atoms with Gasteiger partial charge in [-0.05, 0) is 36.3 Å². The van der Waals surface area contributed by atoms with E-state index in [1.807, 2.05) is 6.07 Å². The van der Waals surface area contributed by atoms with Crippen molar-refractivity contribution < 1.29 is 9.18 Å². The van der Waals surface area contributed by atoms with E-state index >= 15 is 0 Å². The van der Waals surface area contributed by atoms with Gasteiger partial charge in [-0.2, -0.15) is 5.26 Å². The van der Waals surface area contributed by atoms with Gasteiger partial charge in [0.15, 0.2) is 0 Å². The summed E-state index contributed by atoms with van der Waals surface area (Å²) in [5.74, 6) is -0.119. The first-order chi connectivity index (χ1) is 13.7. The van der Waals surface area contributed by atoms with E-state index < -0.39 is 5.56 Å². The van der Waals surface area contributed by atoms with Crippen LogP contribution in [0.25, 0.3) is 6.08 Å². The number of pyridine rings is 1. The molecule has 1 aliphatic heterocycles. The fraction of sp³-hybridized carbons (Fsp3) is 0.200. The summed E-state index contributed by atoms with van der Waals surface area (Å²) in [6, 6.07) is 7.93. The molecule has 1 amide bonds. The number of halogens is 1. The predicted octanol–water partition coefficient (Wildman–Crippen LogP) is 3.15. The summed E-state index contributed by atoms with van der Waals surface area (Å²) >= 11 is 6.33. The molecule has 1 aliphatic rings. The number of aromatic nitrogens is 1. The summed E-state index contributed by atoms with van der Waals surface area (Å²) in [6.07, 6.45) is 1.64. The van der Waals surface area contributed by atoms with Gasteiger partial charge in [-0.25, -0.2) is 4.39 Å². The zero-order valence-corrected chi connectivity index (χ0v) is 17.6. The molecule has 29 heavy (non-hydrogen) atoms. The first-order valence-electron chi connectivity index (χ1n) is 8.58. The fourth-order valence-electron chi connectivity index (χ4n) is 2.91. The van der Waals surface area contributed by atoms with E-state index in [1.54, 1.807) is 39.2 Å². The summed E-state index contributed by atoms with van der Waals surface area (Å²) in [6.45, 7) is 2.00. The van der Waals surface area contributed by atoms with Gasteiger partial charge in [-0.1, -0.05) is 36.1 Å². The zero-order valence-electron chi connectivity index (χ0n) is 15.9. The van der Waals surface area contributed by atoms with Gasteiger partial charge >= 0.3 is 0 Å². The number of nitrogens with one attached hydrogen (secondary N) is 1. The van der Waals surface area contributed by atoms with E-state index in [4.69, 9.17) is 12.2 Å². The van der Waals surface area contributed by atoms with Gasteiger partial charge < -0.3 is 5.32 Å². The number of nitrogens with zero attached hydrogens (tertiary/aromatic N) is 3. The zero-order chi connectivity index (χ0) is 21.3. The van der Waals surface area contributed by atoms with Crippen LogP contribution >= 0.6 is 24.0 Å². The van der Waals surface area contributed by atoms with Gasteiger partial charge in [-0.3, -0.25) is 19.1 Å². The number of thioether (sulfide) groups is 1. The Bertz CT molecular complexity index is 1150. The number of likely N-dealkylation sites (N-methyl/N-ethyl adjacent to an activating group) is 1. The van der Waals surface area contributed by atoms with E-state index in [9.17, 15) is 19.2 Å². The first-order valence-corrected chi connectivity index (χ1v) is 9.80. The van der Waals surface area contributed by atoms with Crippen molar-refractivity contribution >= 4 is 46.1 Å². The van der Waals surface area contributed by atoms with Crippen molar-refractivity contribution in [1.29, 1.82) is 5.26 Å². The second kappa shape index (κ2) is 8.19. The van der Waals surface area contributed by atoms with Crippen LogP contribution in [0.3, 0.4) is 0 Å². The Labute approximate surface area is 176 Å². The Morgan fingerprint density at radius 3 is 2.48 bits per heavy atom. The molecule has 0 radical (unpaired) electrons. The van der Waals surface area contributed by atoms with Crippen LogP contribution in [0, 0.1) is 24.1 Å². The van der Waals surface area contributed by atoms with Crippen molar-refractivity contribution in [1.82, 2.24) is 9.47 Å². The van der Waals surface area contributed by atoms with Gasteiger partial charge in [0.2, 0.25) is 0 Å². The maximum atomic E-state index is 13.1. The lowest BCUT2D eigenvalue weighted by atomic mass is 10.0. The van der Waals surface area contributed by atoms with Gasteiger partial charge in [0.1, 0.15) is 27.6 Å². The molecule has 6 nitrogen and oxygen atoms in total. The van der Waals surface area contributed by atoms with Crippen LogP contribution in [0.5, 0.6) is 0 Å².